The number of carbonyl (C=O) groups is 2. The van der Waals surface area contributed by atoms with E-state index in [1.54, 1.807) is 0 Å². The highest BCUT2D eigenvalue weighted by atomic mass is 31.2. The lowest BCUT2D eigenvalue weighted by atomic mass is 10.0. The Kier molecular flexibility index (Phi) is 57.5. The van der Waals surface area contributed by atoms with Crippen LogP contribution in [0.5, 0.6) is 0 Å². The minimum Gasteiger partial charge on any atom is -0.462 e. The molecule has 462 valence electrons. The summed E-state index contributed by atoms with van der Waals surface area (Å²) in [6, 6.07) is 0. The zero-order valence-corrected chi connectivity index (χ0v) is 53.3. The number of rotatable bonds is 56. The lowest BCUT2D eigenvalue weighted by Crippen LogP contribution is -2.37. The van der Waals surface area contributed by atoms with Crippen molar-refractivity contribution in [3.05, 3.63) is 170 Å². The van der Waals surface area contributed by atoms with Crippen molar-refractivity contribution in [3.63, 3.8) is 0 Å². The van der Waals surface area contributed by atoms with Crippen LogP contribution in [0.15, 0.2) is 170 Å². The van der Waals surface area contributed by atoms with Crippen LogP contribution in [-0.2, 0) is 32.7 Å². The number of phosphoric acid groups is 1. The maximum atomic E-state index is 12.8. The van der Waals surface area contributed by atoms with Gasteiger partial charge in [-0.25, -0.2) is 4.57 Å². The van der Waals surface area contributed by atoms with Crippen LogP contribution in [0.2, 0.25) is 0 Å². The minimum absolute atomic E-state index is 0.0150. The largest absolute Gasteiger partial charge is 0.472 e. The quantitative estimate of drug-likeness (QED) is 0.0211. The molecule has 0 bridgehead atoms. The molecule has 10 heteroatoms. The number of likely N-dealkylation sites (N-methyl/N-ethyl adjacent to an activating group) is 1. The Hall–Kier alpha value is -4.63. The monoisotopic (exact) mass is 1150 g/mol. The predicted molar refractivity (Wildman–Crippen MR) is 353 cm³/mol. The van der Waals surface area contributed by atoms with Crippen molar-refractivity contribution in [2.45, 2.75) is 225 Å². The number of allylic oxidation sites excluding steroid dienone is 28. The molecule has 82 heavy (non-hydrogen) atoms. The van der Waals surface area contributed by atoms with Crippen LogP contribution in [0.1, 0.15) is 219 Å². The van der Waals surface area contributed by atoms with Gasteiger partial charge < -0.3 is 18.9 Å². The molecule has 0 fully saturated rings. The van der Waals surface area contributed by atoms with Gasteiger partial charge in [0.25, 0.3) is 0 Å². The molecule has 0 aromatic heterocycles. The van der Waals surface area contributed by atoms with Crippen molar-refractivity contribution in [1.82, 2.24) is 0 Å². The van der Waals surface area contributed by atoms with Gasteiger partial charge in [-0.1, -0.05) is 248 Å². The molecular formula is C72H117NO8P+. The second-order valence-corrected chi connectivity index (χ2v) is 23.1. The number of esters is 2. The van der Waals surface area contributed by atoms with E-state index in [4.69, 9.17) is 18.5 Å². The number of carbonyl (C=O) groups excluding carboxylic acids is 2. The van der Waals surface area contributed by atoms with Gasteiger partial charge in [0.2, 0.25) is 0 Å². The molecule has 2 atom stereocenters. The van der Waals surface area contributed by atoms with E-state index >= 15 is 0 Å². The smallest absolute Gasteiger partial charge is 0.462 e. The van der Waals surface area contributed by atoms with E-state index < -0.39 is 32.5 Å². The SMILES string of the molecule is CC/C=C\C/C=C\C/C=C\C/C=C\C/C=C\C/C=C\C/C=C\C/C=C\CCCCCCCCCCCCCCC(=O)OC(COC(=O)CCCC/C=C\C/C=C\C/C=C\C/C=C\C/C=C\C/C=C\CC)COP(=O)(O)OCC[N+](C)(C)C. The topological polar surface area (TPSA) is 108 Å². The Labute approximate surface area is 502 Å². The highest BCUT2D eigenvalue weighted by Gasteiger charge is 2.27. The van der Waals surface area contributed by atoms with E-state index in [9.17, 15) is 19.0 Å². The number of nitrogens with zero attached hydrogens (tertiary/aromatic N) is 1. The molecule has 0 saturated heterocycles. The minimum atomic E-state index is -4.41. The van der Waals surface area contributed by atoms with Gasteiger partial charge in [0.05, 0.1) is 27.7 Å². The highest BCUT2D eigenvalue weighted by molar-refractivity contribution is 7.47. The van der Waals surface area contributed by atoms with Gasteiger partial charge in [-0.3, -0.25) is 18.6 Å². The fraction of sp³-hybridized carbons (Fsp3) is 0.583. The maximum absolute atomic E-state index is 12.8. The van der Waals surface area contributed by atoms with Crippen LogP contribution in [0.3, 0.4) is 0 Å². The first-order chi connectivity index (χ1) is 40.0. The number of hydrogen-bond acceptors (Lipinski definition) is 7. The fourth-order valence-electron chi connectivity index (χ4n) is 7.92. The zero-order chi connectivity index (χ0) is 59.8. The lowest BCUT2D eigenvalue weighted by Gasteiger charge is -2.24. The van der Waals surface area contributed by atoms with Crippen molar-refractivity contribution >= 4 is 19.8 Å². The highest BCUT2D eigenvalue weighted by Crippen LogP contribution is 2.43. The summed E-state index contributed by atoms with van der Waals surface area (Å²) in [5.74, 6) is -0.862. The molecule has 0 radical (unpaired) electrons. The summed E-state index contributed by atoms with van der Waals surface area (Å²) in [6.07, 6.45) is 93.0. The van der Waals surface area contributed by atoms with Gasteiger partial charge in [-0.15, -0.1) is 0 Å². The predicted octanol–water partition coefficient (Wildman–Crippen LogP) is 20.6. The molecule has 0 aromatic carbocycles. The summed E-state index contributed by atoms with van der Waals surface area (Å²) in [6.45, 7) is 4.13. The van der Waals surface area contributed by atoms with Gasteiger partial charge >= 0.3 is 19.8 Å². The van der Waals surface area contributed by atoms with Crippen LogP contribution in [-0.4, -0.2) is 74.9 Å². The number of hydrogen-bond donors (Lipinski definition) is 1. The first-order valence-electron chi connectivity index (χ1n) is 31.9. The number of unbranched alkanes of at least 4 members (excludes halogenated alkanes) is 14. The molecular weight excluding hydrogens is 1040 g/mol. The number of phosphoric ester groups is 1. The fourth-order valence-corrected chi connectivity index (χ4v) is 8.66. The van der Waals surface area contributed by atoms with Crippen molar-refractivity contribution in [2.24, 2.45) is 0 Å². The molecule has 1 N–H and O–H groups in total. The van der Waals surface area contributed by atoms with Crippen molar-refractivity contribution in [2.75, 3.05) is 47.5 Å². The molecule has 0 aromatic rings. The summed E-state index contributed by atoms with van der Waals surface area (Å²) in [5, 5.41) is 0. The van der Waals surface area contributed by atoms with Gasteiger partial charge in [0.1, 0.15) is 19.8 Å². The first-order valence-corrected chi connectivity index (χ1v) is 33.4. The average molecular weight is 1160 g/mol. The molecule has 0 saturated carbocycles. The molecule has 2 unspecified atom stereocenters. The third kappa shape index (κ3) is 64.5. The van der Waals surface area contributed by atoms with Crippen LogP contribution in [0.25, 0.3) is 0 Å². The van der Waals surface area contributed by atoms with Crippen LogP contribution in [0.4, 0.5) is 0 Å². The van der Waals surface area contributed by atoms with E-state index in [2.05, 4.69) is 184 Å². The van der Waals surface area contributed by atoms with Gasteiger partial charge in [0, 0.05) is 12.8 Å². The van der Waals surface area contributed by atoms with E-state index in [0.717, 1.165) is 128 Å². The van der Waals surface area contributed by atoms with E-state index in [1.165, 1.54) is 51.4 Å². The Morgan fingerprint density at radius 1 is 0.378 bits per heavy atom. The first kappa shape index (κ1) is 77.4. The standard InChI is InChI=1S/C72H116NO8P/c1-6-8-10-12-14-16-18-20-22-24-26-28-29-30-31-32-33-34-35-36-37-38-39-40-41-42-43-45-47-49-51-53-55-57-59-61-63-65-72(75)81-70(69-80-82(76,77)79-67-66-73(3,4)5)68-78-71(74)64-62-60-58-56-54-52-50-48-46-44-27-25-23-21-19-17-15-13-11-9-7-2/h8-11,14-17,20-23,26-28,30-31,33-34,36-37,39-40,44,48,50,54,56,70H,6-7,12-13,18-19,24-25,29,32,35,38,41-43,45-47,49,51-53,55,57-69H2,1-5H3/p+1/b10-8-,11-9-,16-14-,17-15-,22-20-,23-21-,28-26-,31-30-,34-33-,37-36-,40-39-,44-27-,50-48-,56-54-. The molecule has 0 heterocycles. The van der Waals surface area contributed by atoms with Crippen LogP contribution in [0, 0.1) is 0 Å². The number of quaternary nitrogens is 1. The average Bonchev–Trinajstić information content (AvgIpc) is 3.46. The summed E-state index contributed by atoms with van der Waals surface area (Å²) in [5.41, 5.74) is 0. The summed E-state index contributed by atoms with van der Waals surface area (Å²) >= 11 is 0. The van der Waals surface area contributed by atoms with Crippen LogP contribution < -0.4 is 0 Å². The van der Waals surface area contributed by atoms with E-state index in [1.807, 2.05) is 21.1 Å². The van der Waals surface area contributed by atoms with Crippen molar-refractivity contribution in [1.29, 1.82) is 0 Å². The molecule has 0 aliphatic carbocycles. The number of ether oxygens (including phenoxy) is 2. The second kappa shape index (κ2) is 60.9. The van der Waals surface area contributed by atoms with E-state index in [0.29, 0.717) is 23.9 Å². The summed E-state index contributed by atoms with van der Waals surface area (Å²) in [4.78, 5) is 35.7. The third-order valence-corrected chi connectivity index (χ3v) is 13.7. The second-order valence-electron chi connectivity index (χ2n) is 21.7. The molecule has 0 spiro atoms. The van der Waals surface area contributed by atoms with Crippen LogP contribution >= 0.6 is 7.82 Å². The normalized spacial score (nSPS) is 14.4. The maximum Gasteiger partial charge on any atom is 0.472 e. The Morgan fingerprint density at radius 3 is 1.00 bits per heavy atom. The lowest BCUT2D eigenvalue weighted by molar-refractivity contribution is -0.870. The van der Waals surface area contributed by atoms with Gasteiger partial charge in [-0.05, 0) is 128 Å². The zero-order valence-electron chi connectivity index (χ0n) is 52.4. The molecule has 0 aliphatic rings. The van der Waals surface area contributed by atoms with Crippen molar-refractivity contribution < 1.29 is 42.1 Å². The summed E-state index contributed by atoms with van der Waals surface area (Å²) in [7, 11) is 1.43. The third-order valence-electron chi connectivity index (χ3n) is 12.7. The van der Waals surface area contributed by atoms with Crippen molar-refractivity contribution in [3.8, 4) is 0 Å². The molecule has 0 aliphatic heterocycles. The molecule has 0 amide bonds. The Morgan fingerprint density at radius 2 is 0.659 bits per heavy atom. The molecule has 0 rings (SSSR count). The molecule has 9 nitrogen and oxygen atoms in total. The Balaban J connectivity index is 4.18. The summed E-state index contributed by atoms with van der Waals surface area (Å²) < 4.78 is 34.6. The van der Waals surface area contributed by atoms with Gasteiger partial charge in [-0.2, -0.15) is 0 Å². The van der Waals surface area contributed by atoms with E-state index in [-0.39, 0.29) is 26.1 Å². The van der Waals surface area contributed by atoms with Gasteiger partial charge in [0.15, 0.2) is 6.10 Å². The Bertz CT molecular complexity index is 1990.